The molecule has 2 N–H and O–H groups in total. The number of likely N-dealkylation sites (tertiary alicyclic amines) is 1. The number of carbonyl (C=O) groups excluding carboxylic acids is 1. The van der Waals surface area contributed by atoms with Gasteiger partial charge in [0, 0.05) is 29.2 Å². The van der Waals surface area contributed by atoms with Crippen LogP contribution in [0.1, 0.15) is 32.3 Å². The Kier molecular flexibility index (Phi) is 5.69. The number of hydrogen-bond acceptors (Lipinski definition) is 2. The van der Waals surface area contributed by atoms with Crippen molar-refractivity contribution in [3.63, 3.8) is 0 Å². The van der Waals surface area contributed by atoms with Crippen LogP contribution in [0.5, 0.6) is 0 Å². The molecule has 0 saturated carbocycles. The fraction of sp³-hybridized carbons (Fsp3) is 0.391. The van der Waals surface area contributed by atoms with Gasteiger partial charge in [0.25, 0.3) is 0 Å². The van der Waals surface area contributed by atoms with Crippen LogP contribution in [-0.4, -0.2) is 34.2 Å². The minimum Gasteiger partial charge on any atom is -0.325 e. The van der Waals surface area contributed by atoms with E-state index in [2.05, 4.69) is 29.4 Å². The smallest absolute Gasteiger partial charge is 0.321 e. The summed E-state index contributed by atoms with van der Waals surface area (Å²) in [5, 5.41) is 11.9. The maximum atomic E-state index is 13.0. The quantitative estimate of drug-likeness (QED) is 0.546. The van der Waals surface area contributed by atoms with Crippen LogP contribution in [0.15, 0.2) is 42.6 Å². The Bertz CT molecular complexity index is 1040. The Hall–Kier alpha value is -2.60. The van der Waals surface area contributed by atoms with Gasteiger partial charge < -0.3 is 10.2 Å². The molecule has 1 aliphatic heterocycles. The van der Waals surface area contributed by atoms with Gasteiger partial charge in [0.15, 0.2) is 0 Å². The summed E-state index contributed by atoms with van der Waals surface area (Å²) in [4.78, 5) is 14.4. The molecule has 1 aliphatic rings. The van der Waals surface area contributed by atoms with Crippen molar-refractivity contribution in [3.8, 4) is 0 Å². The van der Waals surface area contributed by atoms with Crippen LogP contribution in [0.3, 0.4) is 0 Å². The second kappa shape index (κ2) is 8.26. The first-order chi connectivity index (χ1) is 14.3. The standard InChI is InChI=1S/C23H26ClFN4O/c1-23(2,13-15-11-18(24)12-16-14-26-28-21(15)16)17-7-9-29(10-8-17)22(30)27-20-5-3-19(25)4-6-20/h3-6,11-12,14,17H,7-10,13H2,1-2H3,(H,26,28)(H,27,30). The lowest BCUT2D eigenvalue weighted by molar-refractivity contribution is 0.115. The fourth-order valence-corrected chi connectivity index (χ4v) is 4.71. The zero-order valence-electron chi connectivity index (χ0n) is 17.2. The summed E-state index contributed by atoms with van der Waals surface area (Å²) in [6.07, 6.45) is 4.57. The fourth-order valence-electron chi connectivity index (χ4n) is 4.47. The first-order valence-electron chi connectivity index (χ1n) is 10.2. The Balaban J connectivity index is 1.38. The van der Waals surface area contributed by atoms with Gasteiger partial charge in [0.05, 0.1) is 11.7 Å². The van der Waals surface area contributed by atoms with Crippen molar-refractivity contribution in [2.45, 2.75) is 33.1 Å². The summed E-state index contributed by atoms with van der Waals surface area (Å²) < 4.78 is 13.0. The second-order valence-corrected chi connectivity index (χ2v) is 9.20. The van der Waals surface area contributed by atoms with Gasteiger partial charge in [-0.05, 0) is 72.6 Å². The number of hydrogen-bond donors (Lipinski definition) is 2. The van der Waals surface area contributed by atoms with Crippen LogP contribution in [0.25, 0.3) is 10.9 Å². The topological polar surface area (TPSA) is 61.0 Å². The number of rotatable bonds is 4. The number of urea groups is 1. The Labute approximate surface area is 180 Å². The molecule has 2 amide bonds. The zero-order chi connectivity index (χ0) is 21.3. The zero-order valence-corrected chi connectivity index (χ0v) is 18.0. The molecule has 4 rings (SSSR count). The van der Waals surface area contributed by atoms with Gasteiger partial charge in [-0.15, -0.1) is 0 Å². The molecule has 1 fully saturated rings. The van der Waals surface area contributed by atoms with Crippen LogP contribution >= 0.6 is 11.6 Å². The van der Waals surface area contributed by atoms with Crippen LogP contribution in [-0.2, 0) is 6.42 Å². The number of carbonyl (C=O) groups is 1. The van der Waals surface area contributed by atoms with Crippen LogP contribution in [0.2, 0.25) is 5.02 Å². The van der Waals surface area contributed by atoms with Crippen molar-refractivity contribution in [1.82, 2.24) is 15.1 Å². The molecule has 0 radical (unpaired) electrons. The SMILES string of the molecule is CC(C)(Cc1cc(Cl)cc2cn[nH]c12)C1CCN(C(=O)Nc2ccc(F)cc2)CC1. The molecule has 158 valence electrons. The van der Waals surface area contributed by atoms with Crippen molar-refractivity contribution in [3.05, 3.63) is 59.0 Å². The van der Waals surface area contributed by atoms with Gasteiger partial charge in [-0.25, -0.2) is 9.18 Å². The number of halogens is 2. The largest absolute Gasteiger partial charge is 0.325 e. The van der Waals surface area contributed by atoms with E-state index in [1.54, 1.807) is 18.3 Å². The number of nitrogens with one attached hydrogen (secondary N) is 2. The molecule has 1 saturated heterocycles. The lowest BCUT2D eigenvalue weighted by Crippen LogP contribution is -2.44. The molecule has 1 aromatic heterocycles. The van der Waals surface area contributed by atoms with Crippen molar-refractivity contribution < 1.29 is 9.18 Å². The van der Waals surface area contributed by atoms with E-state index in [-0.39, 0.29) is 17.3 Å². The van der Waals surface area contributed by atoms with Crippen molar-refractivity contribution in [2.75, 3.05) is 18.4 Å². The number of nitrogens with zero attached hydrogens (tertiary/aromatic N) is 2. The number of amides is 2. The monoisotopic (exact) mass is 428 g/mol. The maximum absolute atomic E-state index is 13.0. The highest BCUT2D eigenvalue weighted by atomic mass is 35.5. The van der Waals surface area contributed by atoms with Gasteiger partial charge >= 0.3 is 6.03 Å². The summed E-state index contributed by atoms with van der Waals surface area (Å²) in [7, 11) is 0. The Morgan fingerprint density at radius 2 is 1.97 bits per heavy atom. The van der Waals surface area contributed by atoms with Crippen molar-refractivity contribution in [2.24, 2.45) is 11.3 Å². The van der Waals surface area contributed by atoms with Gasteiger partial charge in [0.1, 0.15) is 5.82 Å². The van der Waals surface area contributed by atoms with E-state index in [9.17, 15) is 9.18 Å². The first-order valence-corrected chi connectivity index (χ1v) is 10.6. The molecule has 2 aromatic carbocycles. The molecule has 0 bridgehead atoms. The highest BCUT2D eigenvalue weighted by molar-refractivity contribution is 6.31. The molecule has 0 spiro atoms. The number of fused-ring (bicyclic) bond motifs is 1. The molecule has 7 heteroatoms. The predicted molar refractivity (Wildman–Crippen MR) is 118 cm³/mol. The molecular weight excluding hydrogens is 403 g/mol. The third-order valence-electron chi connectivity index (χ3n) is 6.22. The van der Waals surface area contributed by atoms with Gasteiger partial charge in [-0.3, -0.25) is 5.10 Å². The van der Waals surface area contributed by atoms with E-state index in [4.69, 9.17) is 11.6 Å². The molecule has 0 unspecified atom stereocenters. The lowest BCUT2D eigenvalue weighted by Gasteiger charge is -2.41. The molecule has 0 atom stereocenters. The number of piperidine rings is 1. The summed E-state index contributed by atoms with van der Waals surface area (Å²) in [6.45, 7) is 5.98. The minimum absolute atomic E-state index is 0.0578. The van der Waals surface area contributed by atoms with Crippen molar-refractivity contribution >= 4 is 34.2 Å². The van der Waals surface area contributed by atoms with Gasteiger partial charge in [0.2, 0.25) is 0 Å². The van der Waals surface area contributed by atoms with Gasteiger partial charge in [-0.2, -0.15) is 5.10 Å². The van der Waals surface area contributed by atoms with Crippen LogP contribution in [0, 0.1) is 17.2 Å². The average Bonchev–Trinajstić information content (AvgIpc) is 3.18. The second-order valence-electron chi connectivity index (χ2n) is 8.76. The first kappa shape index (κ1) is 20.7. The van der Waals surface area contributed by atoms with Crippen LogP contribution < -0.4 is 5.32 Å². The van der Waals surface area contributed by atoms with Gasteiger partial charge in [-0.1, -0.05) is 25.4 Å². The summed E-state index contributed by atoms with van der Waals surface area (Å²) >= 11 is 6.31. The van der Waals surface area contributed by atoms with E-state index >= 15 is 0 Å². The van der Waals surface area contributed by atoms with E-state index < -0.39 is 0 Å². The molecule has 5 nitrogen and oxygen atoms in total. The number of aromatic nitrogens is 2. The van der Waals surface area contributed by atoms with E-state index in [1.165, 1.54) is 17.7 Å². The molecule has 2 heterocycles. The Morgan fingerprint density at radius 1 is 1.27 bits per heavy atom. The normalized spacial score (nSPS) is 15.5. The number of anilines is 1. The summed E-state index contributed by atoms with van der Waals surface area (Å²) in [6, 6.07) is 9.65. The van der Waals surface area contributed by atoms with E-state index in [0.29, 0.717) is 24.7 Å². The maximum Gasteiger partial charge on any atom is 0.321 e. The number of aromatic amines is 1. The van der Waals surface area contributed by atoms with Crippen molar-refractivity contribution in [1.29, 1.82) is 0 Å². The highest BCUT2D eigenvalue weighted by Gasteiger charge is 2.34. The van der Waals surface area contributed by atoms with E-state index in [0.717, 1.165) is 35.2 Å². The molecule has 0 aliphatic carbocycles. The number of H-pyrrole nitrogens is 1. The highest BCUT2D eigenvalue weighted by Crippen LogP contribution is 2.39. The van der Waals surface area contributed by atoms with E-state index in [1.807, 2.05) is 17.0 Å². The predicted octanol–water partition coefficient (Wildman–Crippen LogP) is 5.87. The molecular formula is C23H26ClFN4O. The lowest BCUT2D eigenvalue weighted by atomic mass is 9.70. The Morgan fingerprint density at radius 3 is 2.67 bits per heavy atom. The molecule has 30 heavy (non-hydrogen) atoms. The summed E-state index contributed by atoms with van der Waals surface area (Å²) in [5.41, 5.74) is 2.89. The summed E-state index contributed by atoms with van der Waals surface area (Å²) in [5.74, 6) is 0.174. The number of benzene rings is 2. The third-order valence-corrected chi connectivity index (χ3v) is 6.44. The average molecular weight is 429 g/mol. The van der Waals surface area contributed by atoms with Crippen LogP contribution in [0.4, 0.5) is 14.9 Å². The molecule has 3 aromatic rings. The third kappa shape index (κ3) is 4.43. The minimum atomic E-state index is -0.317.